The summed E-state index contributed by atoms with van der Waals surface area (Å²) in [6.45, 7) is 0.417. The SMILES string of the molecule is COC(=O)c1ccc(NC(=O)NCc2ccn(C)c2)cc1Cl. The quantitative estimate of drug-likeness (QED) is 0.850. The summed E-state index contributed by atoms with van der Waals surface area (Å²) in [7, 11) is 3.19. The number of nitrogens with zero attached hydrogens (tertiary/aromatic N) is 1. The maximum atomic E-state index is 11.8. The lowest BCUT2D eigenvalue weighted by Crippen LogP contribution is -2.28. The monoisotopic (exact) mass is 321 g/mol. The topological polar surface area (TPSA) is 72.4 Å². The first-order valence-corrected chi connectivity index (χ1v) is 6.91. The molecular formula is C15H16ClN3O3. The molecule has 0 aliphatic carbocycles. The summed E-state index contributed by atoms with van der Waals surface area (Å²) in [6, 6.07) is 6.14. The lowest BCUT2D eigenvalue weighted by molar-refractivity contribution is 0.0601. The second kappa shape index (κ2) is 7.00. The number of ether oxygens (including phenoxy) is 1. The van der Waals surface area contributed by atoms with E-state index in [0.717, 1.165) is 5.56 Å². The second-order valence-corrected chi connectivity index (χ2v) is 5.09. The van der Waals surface area contributed by atoms with Crippen molar-refractivity contribution in [2.24, 2.45) is 7.05 Å². The Balaban J connectivity index is 1.94. The van der Waals surface area contributed by atoms with Gasteiger partial charge in [0.15, 0.2) is 0 Å². The Morgan fingerprint density at radius 1 is 1.32 bits per heavy atom. The fourth-order valence-corrected chi connectivity index (χ4v) is 2.15. The van der Waals surface area contributed by atoms with Crippen LogP contribution in [0.4, 0.5) is 10.5 Å². The largest absolute Gasteiger partial charge is 0.465 e. The van der Waals surface area contributed by atoms with Crippen LogP contribution in [-0.2, 0) is 18.3 Å². The second-order valence-electron chi connectivity index (χ2n) is 4.68. The summed E-state index contributed by atoms with van der Waals surface area (Å²) >= 11 is 5.99. The number of hydrogen-bond donors (Lipinski definition) is 2. The van der Waals surface area contributed by atoms with E-state index >= 15 is 0 Å². The van der Waals surface area contributed by atoms with Gasteiger partial charge in [0.05, 0.1) is 17.7 Å². The van der Waals surface area contributed by atoms with Crippen LogP contribution in [0.5, 0.6) is 0 Å². The molecule has 2 N–H and O–H groups in total. The lowest BCUT2D eigenvalue weighted by atomic mass is 10.2. The maximum absolute atomic E-state index is 11.8. The Bertz CT molecular complexity index is 697. The molecule has 0 bridgehead atoms. The lowest BCUT2D eigenvalue weighted by Gasteiger charge is -2.09. The third-order valence-corrected chi connectivity index (χ3v) is 3.29. The van der Waals surface area contributed by atoms with E-state index in [1.807, 2.05) is 30.1 Å². The zero-order chi connectivity index (χ0) is 16.1. The molecule has 22 heavy (non-hydrogen) atoms. The van der Waals surface area contributed by atoms with Crippen LogP contribution in [0, 0.1) is 0 Å². The minimum absolute atomic E-state index is 0.215. The normalized spacial score (nSPS) is 10.1. The highest BCUT2D eigenvalue weighted by atomic mass is 35.5. The van der Waals surface area contributed by atoms with E-state index in [1.54, 1.807) is 6.07 Å². The molecule has 2 rings (SSSR count). The number of halogens is 1. The molecule has 0 spiro atoms. The first kappa shape index (κ1) is 15.9. The van der Waals surface area contributed by atoms with Gasteiger partial charge in [-0.2, -0.15) is 0 Å². The Labute approximate surface area is 133 Å². The van der Waals surface area contributed by atoms with E-state index in [0.29, 0.717) is 12.2 Å². The predicted molar refractivity (Wildman–Crippen MR) is 84.1 cm³/mol. The van der Waals surface area contributed by atoms with E-state index in [9.17, 15) is 9.59 Å². The molecule has 7 heteroatoms. The minimum Gasteiger partial charge on any atom is -0.465 e. The Morgan fingerprint density at radius 2 is 2.09 bits per heavy atom. The van der Waals surface area contributed by atoms with E-state index in [4.69, 9.17) is 11.6 Å². The molecule has 0 fully saturated rings. The molecule has 1 aromatic heterocycles. The number of esters is 1. The number of benzene rings is 1. The first-order valence-electron chi connectivity index (χ1n) is 6.53. The van der Waals surface area contributed by atoms with E-state index in [1.165, 1.54) is 19.2 Å². The zero-order valence-corrected chi connectivity index (χ0v) is 13.0. The van der Waals surface area contributed by atoms with Crippen LogP contribution >= 0.6 is 11.6 Å². The number of nitrogens with one attached hydrogen (secondary N) is 2. The molecule has 0 saturated heterocycles. The smallest absolute Gasteiger partial charge is 0.339 e. The number of urea groups is 1. The number of methoxy groups -OCH3 is 1. The summed E-state index contributed by atoms with van der Waals surface area (Å²) < 4.78 is 6.51. The summed E-state index contributed by atoms with van der Waals surface area (Å²) in [6.07, 6.45) is 3.82. The van der Waals surface area contributed by atoms with Crippen molar-refractivity contribution in [3.05, 3.63) is 52.8 Å². The van der Waals surface area contributed by atoms with Crippen molar-refractivity contribution in [1.29, 1.82) is 0 Å². The summed E-state index contributed by atoms with van der Waals surface area (Å²) in [5.41, 5.74) is 1.74. The molecule has 0 saturated carbocycles. The van der Waals surface area contributed by atoms with Crippen LogP contribution in [0.15, 0.2) is 36.7 Å². The van der Waals surface area contributed by atoms with Gasteiger partial charge in [-0.05, 0) is 29.8 Å². The van der Waals surface area contributed by atoms with E-state index in [2.05, 4.69) is 15.4 Å². The van der Waals surface area contributed by atoms with Gasteiger partial charge >= 0.3 is 12.0 Å². The molecule has 0 aliphatic rings. The summed E-state index contributed by atoms with van der Waals surface area (Å²) in [4.78, 5) is 23.2. The minimum atomic E-state index is -0.523. The third kappa shape index (κ3) is 4.02. The van der Waals surface area contributed by atoms with Crippen LogP contribution in [0.1, 0.15) is 15.9 Å². The van der Waals surface area contributed by atoms with Gasteiger partial charge < -0.3 is 19.9 Å². The molecule has 2 amide bonds. The number of carbonyl (C=O) groups is 2. The van der Waals surface area contributed by atoms with Gasteiger partial charge in [-0.25, -0.2) is 9.59 Å². The van der Waals surface area contributed by atoms with Crippen LogP contribution in [0.3, 0.4) is 0 Å². The molecule has 0 atom stereocenters. The van der Waals surface area contributed by atoms with Gasteiger partial charge in [0.2, 0.25) is 0 Å². The number of aryl methyl sites for hydroxylation is 1. The fourth-order valence-electron chi connectivity index (χ4n) is 1.89. The molecule has 1 heterocycles. The number of rotatable bonds is 4. The van der Waals surface area contributed by atoms with Gasteiger partial charge in [0.25, 0.3) is 0 Å². The number of hydrogen-bond acceptors (Lipinski definition) is 3. The maximum Gasteiger partial charge on any atom is 0.339 e. The highest BCUT2D eigenvalue weighted by Crippen LogP contribution is 2.21. The Morgan fingerprint density at radius 3 is 2.68 bits per heavy atom. The first-order chi connectivity index (χ1) is 10.5. The number of aromatic nitrogens is 1. The standard InChI is InChI=1S/C15H16ClN3O3/c1-19-6-5-10(9-19)8-17-15(21)18-11-3-4-12(13(16)7-11)14(20)22-2/h3-7,9H,8H2,1-2H3,(H2,17,18,21). The van der Waals surface area contributed by atoms with Crippen LogP contribution in [0.25, 0.3) is 0 Å². The van der Waals surface area contributed by atoms with Crippen molar-refractivity contribution in [3.63, 3.8) is 0 Å². The molecule has 0 unspecified atom stereocenters. The van der Waals surface area contributed by atoms with Crippen molar-refractivity contribution in [2.75, 3.05) is 12.4 Å². The molecular weight excluding hydrogens is 306 g/mol. The van der Waals surface area contributed by atoms with Crippen molar-refractivity contribution >= 4 is 29.3 Å². The average molecular weight is 322 g/mol. The number of carbonyl (C=O) groups excluding carboxylic acids is 2. The molecule has 0 aliphatic heterocycles. The van der Waals surface area contributed by atoms with Gasteiger partial charge in [0, 0.05) is 31.7 Å². The summed E-state index contributed by atoms with van der Waals surface area (Å²) in [5.74, 6) is -0.523. The third-order valence-electron chi connectivity index (χ3n) is 2.98. The van der Waals surface area contributed by atoms with Crippen LogP contribution in [0.2, 0.25) is 5.02 Å². The van der Waals surface area contributed by atoms with Gasteiger partial charge in [-0.15, -0.1) is 0 Å². The number of amides is 2. The highest BCUT2D eigenvalue weighted by Gasteiger charge is 2.11. The predicted octanol–water partition coefficient (Wildman–Crippen LogP) is 2.79. The number of anilines is 1. The molecule has 0 radical (unpaired) electrons. The van der Waals surface area contributed by atoms with E-state index in [-0.39, 0.29) is 16.6 Å². The highest BCUT2D eigenvalue weighted by molar-refractivity contribution is 6.33. The fraction of sp³-hybridized carbons (Fsp3) is 0.200. The zero-order valence-electron chi connectivity index (χ0n) is 12.2. The summed E-state index contributed by atoms with van der Waals surface area (Å²) in [5, 5.41) is 5.60. The van der Waals surface area contributed by atoms with E-state index < -0.39 is 5.97 Å². The van der Waals surface area contributed by atoms with Gasteiger partial charge in [-0.3, -0.25) is 0 Å². The van der Waals surface area contributed by atoms with Crippen molar-refractivity contribution in [3.8, 4) is 0 Å². The van der Waals surface area contributed by atoms with Crippen molar-refractivity contribution < 1.29 is 14.3 Å². The molecule has 1 aromatic carbocycles. The Hall–Kier alpha value is -2.47. The van der Waals surface area contributed by atoms with Crippen LogP contribution < -0.4 is 10.6 Å². The molecule has 2 aromatic rings. The van der Waals surface area contributed by atoms with Crippen molar-refractivity contribution in [2.45, 2.75) is 6.54 Å². The van der Waals surface area contributed by atoms with Crippen molar-refractivity contribution in [1.82, 2.24) is 9.88 Å². The van der Waals surface area contributed by atoms with Crippen LogP contribution in [-0.4, -0.2) is 23.7 Å². The van der Waals surface area contributed by atoms with Gasteiger partial charge in [0.1, 0.15) is 0 Å². The molecule has 116 valence electrons. The van der Waals surface area contributed by atoms with Gasteiger partial charge in [-0.1, -0.05) is 11.6 Å². The molecule has 6 nitrogen and oxygen atoms in total. The average Bonchev–Trinajstić information content (AvgIpc) is 2.90. The Kier molecular flexibility index (Phi) is 5.06.